The SMILES string of the molecule is O=C(Nc1ccc(N2C(=O)NC3(CCCC3)C2=O)c(I)c1)c1ccccn1. The molecule has 0 atom stereocenters. The summed E-state index contributed by atoms with van der Waals surface area (Å²) in [7, 11) is 0. The molecule has 2 aromatic rings. The molecule has 8 heteroatoms. The summed E-state index contributed by atoms with van der Waals surface area (Å²) in [5.41, 5.74) is 0.666. The molecular weight excluding hydrogens is 459 g/mol. The minimum atomic E-state index is -0.744. The highest BCUT2D eigenvalue weighted by Gasteiger charge is 2.53. The van der Waals surface area contributed by atoms with Gasteiger partial charge in [-0.25, -0.2) is 9.69 Å². The molecule has 0 bridgehead atoms. The Hall–Kier alpha value is -2.49. The topological polar surface area (TPSA) is 91.4 Å². The van der Waals surface area contributed by atoms with E-state index in [4.69, 9.17) is 0 Å². The lowest BCUT2D eigenvalue weighted by Gasteiger charge is -2.20. The Balaban J connectivity index is 1.56. The molecule has 1 saturated carbocycles. The lowest BCUT2D eigenvalue weighted by molar-refractivity contribution is -0.121. The summed E-state index contributed by atoms with van der Waals surface area (Å²) in [5.74, 6) is -0.507. The number of benzene rings is 1. The van der Waals surface area contributed by atoms with Crippen molar-refractivity contribution in [2.45, 2.75) is 31.2 Å². The van der Waals surface area contributed by atoms with Gasteiger partial charge in [-0.2, -0.15) is 0 Å². The van der Waals surface area contributed by atoms with Gasteiger partial charge >= 0.3 is 6.03 Å². The largest absolute Gasteiger partial charge is 0.329 e. The third-order valence-electron chi connectivity index (χ3n) is 4.96. The van der Waals surface area contributed by atoms with Gasteiger partial charge in [0.15, 0.2) is 0 Å². The maximum absolute atomic E-state index is 12.9. The fraction of sp³-hybridized carbons (Fsp3) is 0.263. The number of nitrogens with zero attached hydrogens (tertiary/aromatic N) is 2. The van der Waals surface area contributed by atoms with Crippen molar-refractivity contribution in [1.82, 2.24) is 10.3 Å². The lowest BCUT2D eigenvalue weighted by atomic mass is 9.98. The summed E-state index contributed by atoms with van der Waals surface area (Å²) in [4.78, 5) is 42.8. The van der Waals surface area contributed by atoms with Gasteiger partial charge in [0.05, 0.1) is 5.69 Å². The molecule has 2 heterocycles. The number of halogens is 1. The van der Waals surface area contributed by atoms with Gasteiger partial charge in [-0.3, -0.25) is 14.6 Å². The van der Waals surface area contributed by atoms with Crippen LogP contribution in [0.1, 0.15) is 36.2 Å². The molecule has 27 heavy (non-hydrogen) atoms. The van der Waals surface area contributed by atoms with Crippen LogP contribution in [0, 0.1) is 3.57 Å². The maximum Gasteiger partial charge on any atom is 0.329 e. The first-order valence-electron chi connectivity index (χ1n) is 8.69. The third kappa shape index (κ3) is 3.18. The Kier molecular flexibility index (Phi) is 4.58. The molecule has 2 fully saturated rings. The van der Waals surface area contributed by atoms with E-state index in [0.717, 1.165) is 12.8 Å². The normalized spacial score (nSPS) is 18.0. The van der Waals surface area contributed by atoms with Crippen LogP contribution in [0.2, 0.25) is 0 Å². The average molecular weight is 476 g/mol. The number of rotatable bonds is 3. The second kappa shape index (κ2) is 6.91. The number of nitrogens with one attached hydrogen (secondary N) is 2. The minimum absolute atomic E-state index is 0.187. The van der Waals surface area contributed by atoms with Gasteiger partial charge in [0.25, 0.3) is 11.8 Å². The molecule has 4 rings (SSSR count). The van der Waals surface area contributed by atoms with Gasteiger partial charge in [0, 0.05) is 15.5 Å². The molecule has 2 aliphatic rings. The highest BCUT2D eigenvalue weighted by molar-refractivity contribution is 14.1. The summed E-state index contributed by atoms with van der Waals surface area (Å²) < 4.78 is 0.699. The van der Waals surface area contributed by atoms with Crippen LogP contribution in [0.15, 0.2) is 42.6 Å². The highest BCUT2D eigenvalue weighted by atomic mass is 127. The zero-order chi connectivity index (χ0) is 19.0. The van der Waals surface area contributed by atoms with E-state index in [2.05, 4.69) is 38.2 Å². The summed E-state index contributed by atoms with van der Waals surface area (Å²) in [6.07, 6.45) is 4.80. The van der Waals surface area contributed by atoms with Crippen molar-refractivity contribution in [2.75, 3.05) is 10.2 Å². The third-order valence-corrected chi connectivity index (χ3v) is 5.83. The first kappa shape index (κ1) is 17.9. The smallest absolute Gasteiger partial charge is 0.323 e. The number of imide groups is 1. The zero-order valence-corrected chi connectivity index (χ0v) is 16.5. The molecular formula is C19H17IN4O3. The number of pyridine rings is 1. The quantitative estimate of drug-likeness (QED) is 0.526. The number of urea groups is 1. The number of carbonyl (C=O) groups excluding carboxylic acids is 3. The van der Waals surface area contributed by atoms with Crippen LogP contribution in [-0.4, -0.2) is 28.4 Å². The summed E-state index contributed by atoms with van der Waals surface area (Å²) in [6, 6.07) is 9.82. The van der Waals surface area contributed by atoms with Crippen LogP contribution in [0.3, 0.4) is 0 Å². The molecule has 7 nitrogen and oxygen atoms in total. The van der Waals surface area contributed by atoms with E-state index < -0.39 is 5.54 Å². The van der Waals surface area contributed by atoms with Crippen molar-refractivity contribution < 1.29 is 14.4 Å². The predicted octanol–water partition coefficient (Wildman–Crippen LogP) is 3.31. The molecule has 1 aliphatic carbocycles. The molecule has 1 aliphatic heterocycles. The Bertz CT molecular complexity index is 926. The van der Waals surface area contributed by atoms with E-state index in [1.54, 1.807) is 42.6 Å². The van der Waals surface area contributed by atoms with Crippen LogP contribution in [0.25, 0.3) is 0 Å². The molecule has 4 amide bonds. The minimum Gasteiger partial charge on any atom is -0.323 e. The van der Waals surface area contributed by atoms with E-state index in [1.807, 2.05) is 0 Å². The molecule has 2 N–H and O–H groups in total. The number of hydrogen-bond acceptors (Lipinski definition) is 4. The first-order chi connectivity index (χ1) is 13.0. The van der Waals surface area contributed by atoms with Crippen molar-refractivity contribution in [2.24, 2.45) is 0 Å². The van der Waals surface area contributed by atoms with E-state index >= 15 is 0 Å². The molecule has 1 aromatic heterocycles. The Labute approximate surface area is 169 Å². The number of anilines is 2. The van der Waals surface area contributed by atoms with Crippen LogP contribution in [-0.2, 0) is 4.79 Å². The Morgan fingerprint density at radius 1 is 1.19 bits per heavy atom. The van der Waals surface area contributed by atoms with Gasteiger partial charge in [-0.1, -0.05) is 18.9 Å². The standard InChI is InChI=1S/C19H17IN4O3/c20-13-11-12(22-16(25)14-5-1-4-10-21-14)6-7-15(13)24-17(26)19(23-18(24)27)8-2-3-9-19/h1,4-7,10-11H,2-3,8-9H2,(H,22,25)(H,23,27). The van der Waals surface area contributed by atoms with Crippen molar-refractivity contribution in [3.63, 3.8) is 0 Å². The number of carbonyl (C=O) groups is 3. The van der Waals surface area contributed by atoms with E-state index in [9.17, 15) is 14.4 Å². The second-order valence-electron chi connectivity index (χ2n) is 6.70. The van der Waals surface area contributed by atoms with Gasteiger partial charge in [-0.15, -0.1) is 0 Å². The van der Waals surface area contributed by atoms with E-state index in [1.165, 1.54) is 4.90 Å². The second-order valence-corrected chi connectivity index (χ2v) is 7.86. The lowest BCUT2D eigenvalue weighted by Crippen LogP contribution is -2.44. The van der Waals surface area contributed by atoms with Crippen LogP contribution < -0.4 is 15.5 Å². The Morgan fingerprint density at radius 2 is 1.96 bits per heavy atom. The maximum atomic E-state index is 12.9. The Morgan fingerprint density at radius 3 is 2.63 bits per heavy atom. The number of aromatic nitrogens is 1. The van der Waals surface area contributed by atoms with E-state index in [-0.39, 0.29) is 17.8 Å². The molecule has 1 aromatic carbocycles. The molecule has 0 unspecified atom stereocenters. The highest BCUT2D eigenvalue weighted by Crippen LogP contribution is 2.38. The van der Waals surface area contributed by atoms with Crippen molar-refractivity contribution in [3.8, 4) is 0 Å². The monoisotopic (exact) mass is 476 g/mol. The van der Waals surface area contributed by atoms with Crippen LogP contribution in [0.4, 0.5) is 16.2 Å². The molecule has 1 spiro atoms. The molecule has 0 radical (unpaired) electrons. The zero-order valence-electron chi connectivity index (χ0n) is 14.4. The van der Waals surface area contributed by atoms with Gasteiger partial charge in [0.2, 0.25) is 0 Å². The van der Waals surface area contributed by atoms with Crippen molar-refractivity contribution in [3.05, 3.63) is 51.9 Å². The summed E-state index contributed by atoms with van der Waals surface area (Å²) in [6.45, 7) is 0. The van der Waals surface area contributed by atoms with E-state index in [0.29, 0.717) is 33.5 Å². The molecule has 138 valence electrons. The summed E-state index contributed by atoms with van der Waals surface area (Å²) in [5, 5.41) is 5.66. The van der Waals surface area contributed by atoms with Crippen molar-refractivity contribution in [1.29, 1.82) is 0 Å². The summed E-state index contributed by atoms with van der Waals surface area (Å²) >= 11 is 2.07. The van der Waals surface area contributed by atoms with Gasteiger partial charge in [-0.05, 0) is 65.8 Å². The van der Waals surface area contributed by atoms with Crippen molar-refractivity contribution >= 4 is 51.8 Å². The van der Waals surface area contributed by atoms with Gasteiger partial charge in [0.1, 0.15) is 11.2 Å². The van der Waals surface area contributed by atoms with Crippen LogP contribution >= 0.6 is 22.6 Å². The predicted molar refractivity (Wildman–Crippen MR) is 109 cm³/mol. The van der Waals surface area contributed by atoms with Gasteiger partial charge < -0.3 is 10.6 Å². The fourth-order valence-corrected chi connectivity index (χ4v) is 4.37. The average Bonchev–Trinajstić information content (AvgIpc) is 3.22. The number of amides is 4. The molecule has 1 saturated heterocycles. The number of hydrogen-bond donors (Lipinski definition) is 2. The van der Waals surface area contributed by atoms with Crippen LogP contribution in [0.5, 0.6) is 0 Å². The first-order valence-corrected chi connectivity index (χ1v) is 9.77. The fourth-order valence-electron chi connectivity index (χ4n) is 3.61.